The molecule has 2 aromatic rings. The Labute approximate surface area is 159 Å². The molecule has 1 amide bonds. The zero-order valence-electron chi connectivity index (χ0n) is 15.7. The van der Waals surface area contributed by atoms with Crippen molar-refractivity contribution < 1.29 is 14.3 Å². The van der Waals surface area contributed by atoms with Crippen molar-refractivity contribution in [1.29, 1.82) is 5.26 Å². The lowest BCUT2D eigenvalue weighted by molar-refractivity contribution is -0.121. The Bertz CT molecular complexity index is 826. The first-order chi connectivity index (χ1) is 13.0. The van der Waals surface area contributed by atoms with Gasteiger partial charge in [-0.3, -0.25) is 4.79 Å². The minimum absolute atomic E-state index is 0.406. The maximum absolute atomic E-state index is 12.2. The lowest BCUT2D eigenvalue weighted by Crippen LogP contribution is -2.24. The molecule has 1 atom stereocenters. The normalized spacial score (nSPS) is 11.8. The van der Waals surface area contributed by atoms with Crippen LogP contribution in [0, 0.1) is 17.2 Å². The number of ether oxygens (including phenoxy) is 2. The molecule has 1 N–H and O–H groups in total. The molecule has 0 aliphatic carbocycles. The molecule has 6 heteroatoms. The van der Waals surface area contributed by atoms with Crippen molar-refractivity contribution in [3.63, 3.8) is 0 Å². The number of hydrazone groups is 1. The number of hydrogen-bond acceptors (Lipinski definition) is 5. The van der Waals surface area contributed by atoms with Crippen LogP contribution < -0.4 is 14.9 Å². The Hall–Kier alpha value is -3.33. The highest BCUT2D eigenvalue weighted by atomic mass is 16.5. The molecular formula is C21H23N3O3. The molecule has 0 heterocycles. The number of nitriles is 1. The molecular weight excluding hydrogens is 342 g/mol. The van der Waals surface area contributed by atoms with E-state index in [1.165, 1.54) is 6.21 Å². The predicted octanol–water partition coefficient (Wildman–Crippen LogP) is 3.49. The molecule has 140 valence electrons. The van der Waals surface area contributed by atoms with Gasteiger partial charge in [0.15, 0.2) is 17.4 Å². The van der Waals surface area contributed by atoms with Crippen molar-refractivity contribution >= 4 is 12.1 Å². The van der Waals surface area contributed by atoms with E-state index in [4.69, 9.17) is 9.47 Å². The molecule has 2 aromatic carbocycles. The van der Waals surface area contributed by atoms with E-state index in [1.807, 2.05) is 18.2 Å². The first-order valence-electron chi connectivity index (χ1n) is 8.63. The number of amides is 1. The summed E-state index contributed by atoms with van der Waals surface area (Å²) in [7, 11) is 1.57. The van der Waals surface area contributed by atoms with Gasteiger partial charge in [0.1, 0.15) is 0 Å². The zero-order chi connectivity index (χ0) is 19.6. The molecule has 0 saturated carbocycles. The predicted molar refractivity (Wildman–Crippen MR) is 104 cm³/mol. The number of carbonyl (C=O) groups excluding carboxylic acids is 1. The van der Waals surface area contributed by atoms with Gasteiger partial charge in [0.05, 0.1) is 26.0 Å². The molecule has 0 unspecified atom stereocenters. The van der Waals surface area contributed by atoms with E-state index in [2.05, 4.69) is 24.4 Å². The third kappa shape index (κ3) is 5.86. The Kier molecular flexibility index (Phi) is 7.38. The van der Waals surface area contributed by atoms with Crippen LogP contribution in [0.1, 0.15) is 30.9 Å². The molecule has 0 aliphatic heterocycles. The molecule has 0 bridgehead atoms. The van der Waals surface area contributed by atoms with Crippen molar-refractivity contribution in [2.24, 2.45) is 11.0 Å². The maximum Gasteiger partial charge on any atom is 0.261 e. The highest BCUT2D eigenvalue weighted by molar-refractivity contribution is 5.88. The smallest absolute Gasteiger partial charge is 0.261 e. The lowest BCUT2D eigenvalue weighted by Gasteiger charge is -2.12. The number of methoxy groups -OCH3 is 1. The first kappa shape index (κ1) is 20.0. The Morgan fingerprint density at radius 3 is 2.59 bits per heavy atom. The highest BCUT2D eigenvalue weighted by Gasteiger charge is 2.19. The average Bonchev–Trinajstić information content (AvgIpc) is 2.68. The van der Waals surface area contributed by atoms with E-state index in [-0.39, 0.29) is 0 Å². The first-order valence-corrected chi connectivity index (χ1v) is 8.63. The number of rotatable bonds is 8. The second-order valence-corrected chi connectivity index (χ2v) is 6.32. The van der Waals surface area contributed by atoms with E-state index in [1.54, 1.807) is 43.5 Å². The average molecular weight is 365 g/mol. The maximum atomic E-state index is 12.2. The molecule has 27 heavy (non-hydrogen) atoms. The van der Waals surface area contributed by atoms with Gasteiger partial charge in [-0.1, -0.05) is 44.2 Å². The zero-order valence-corrected chi connectivity index (χ0v) is 15.7. The van der Waals surface area contributed by atoms with Crippen molar-refractivity contribution in [3.05, 3.63) is 59.7 Å². The second-order valence-electron chi connectivity index (χ2n) is 6.32. The SMILES string of the molecule is COc1cc(/C=N\NC(=O)[C@@H](C#N)c2ccccc2)ccc1OCC(C)C. The summed E-state index contributed by atoms with van der Waals surface area (Å²) in [6.07, 6.45) is 1.49. The summed E-state index contributed by atoms with van der Waals surface area (Å²) in [5, 5.41) is 13.2. The standard InChI is InChI=1S/C21H23N3O3/c1-15(2)14-27-19-10-9-16(11-20(19)26-3)13-23-24-21(25)18(12-22)17-7-5-4-6-8-17/h4-11,13,15,18H,14H2,1-3H3,(H,24,25)/b23-13-/t18-/m0/s1. The summed E-state index contributed by atoms with van der Waals surface area (Å²) >= 11 is 0. The number of benzene rings is 2. The van der Waals surface area contributed by atoms with Crippen molar-refractivity contribution in [2.45, 2.75) is 19.8 Å². The monoisotopic (exact) mass is 365 g/mol. The summed E-state index contributed by atoms with van der Waals surface area (Å²) in [6, 6.07) is 16.2. The van der Waals surface area contributed by atoms with Crippen LogP contribution in [0.15, 0.2) is 53.6 Å². The van der Waals surface area contributed by atoms with Crippen LogP contribution in [-0.2, 0) is 4.79 Å². The van der Waals surface area contributed by atoms with Crippen LogP contribution in [0.25, 0.3) is 0 Å². The Morgan fingerprint density at radius 2 is 1.96 bits per heavy atom. The van der Waals surface area contributed by atoms with Crippen LogP contribution in [0.5, 0.6) is 11.5 Å². The summed E-state index contributed by atoms with van der Waals surface area (Å²) < 4.78 is 11.0. The summed E-state index contributed by atoms with van der Waals surface area (Å²) in [5.74, 6) is 0.253. The largest absolute Gasteiger partial charge is 0.493 e. The topological polar surface area (TPSA) is 83.7 Å². The number of carbonyl (C=O) groups is 1. The molecule has 0 aromatic heterocycles. The molecule has 2 rings (SSSR count). The van der Waals surface area contributed by atoms with E-state index >= 15 is 0 Å². The second kappa shape index (κ2) is 9.97. The quantitative estimate of drug-likeness (QED) is 0.573. The molecule has 0 spiro atoms. The van der Waals surface area contributed by atoms with Gasteiger partial charge in [0.2, 0.25) is 0 Å². The van der Waals surface area contributed by atoms with E-state index in [0.29, 0.717) is 29.6 Å². The number of hydrogen-bond donors (Lipinski definition) is 1. The Balaban J connectivity index is 2.03. The van der Waals surface area contributed by atoms with Crippen molar-refractivity contribution in [3.8, 4) is 17.6 Å². The lowest BCUT2D eigenvalue weighted by atomic mass is 10.0. The van der Waals surface area contributed by atoms with Gasteiger partial charge in [0.25, 0.3) is 5.91 Å². The summed E-state index contributed by atoms with van der Waals surface area (Å²) in [5.41, 5.74) is 3.77. The molecule has 0 aliphatic rings. The fraction of sp³-hybridized carbons (Fsp3) is 0.286. The van der Waals surface area contributed by atoms with Gasteiger partial charge in [-0.05, 0) is 35.2 Å². The van der Waals surface area contributed by atoms with Crippen LogP contribution in [-0.4, -0.2) is 25.8 Å². The van der Waals surface area contributed by atoms with Gasteiger partial charge >= 0.3 is 0 Å². The van der Waals surface area contributed by atoms with Gasteiger partial charge in [0, 0.05) is 0 Å². The molecule has 0 saturated heterocycles. The van der Waals surface area contributed by atoms with Crippen molar-refractivity contribution in [1.82, 2.24) is 5.43 Å². The van der Waals surface area contributed by atoms with Gasteiger partial charge in [-0.15, -0.1) is 0 Å². The van der Waals surface area contributed by atoms with Gasteiger partial charge < -0.3 is 9.47 Å². The Morgan fingerprint density at radius 1 is 1.22 bits per heavy atom. The third-order valence-corrected chi connectivity index (χ3v) is 3.67. The fourth-order valence-electron chi connectivity index (χ4n) is 2.31. The van der Waals surface area contributed by atoms with Crippen LogP contribution in [0.2, 0.25) is 0 Å². The van der Waals surface area contributed by atoms with Crippen molar-refractivity contribution in [2.75, 3.05) is 13.7 Å². The van der Waals surface area contributed by atoms with Gasteiger partial charge in [-0.25, -0.2) is 5.43 Å². The molecule has 6 nitrogen and oxygen atoms in total. The fourth-order valence-corrected chi connectivity index (χ4v) is 2.31. The minimum Gasteiger partial charge on any atom is -0.493 e. The third-order valence-electron chi connectivity index (χ3n) is 3.67. The van der Waals surface area contributed by atoms with Crippen LogP contribution >= 0.6 is 0 Å². The van der Waals surface area contributed by atoms with E-state index in [0.717, 1.165) is 5.56 Å². The highest BCUT2D eigenvalue weighted by Crippen LogP contribution is 2.28. The molecule has 0 fully saturated rings. The van der Waals surface area contributed by atoms with E-state index in [9.17, 15) is 10.1 Å². The molecule has 0 radical (unpaired) electrons. The van der Waals surface area contributed by atoms with E-state index < -0.39 is 11.8 Å². The minimum atomic E-state index is -0.912. The number of nitrogens with zero attached hydrogens (tertiary/aromatic N) is 2. The van der Waals surface area contributed by atoms with Crippen LogP contribution in [0.4, 0.5) is 0 Å². The van der Waals surface area contributed by atoms with Crippen LogP contribution in [0.3, 0.4) is 0 Å². The summed E-state index contributed by atoms with van der Waals surface area (Å²) in [6.45, 7) is 4.73. The van der Waals surface area contributed by atoms with Gasteiger partial charge in [-0.2, -0.15) is 10.4 Å². The summed E-state index contributed by atoms with van der Waals surface area (Å²) in [4.78, 5) is 12.2. The number of nitrogens with one attached hydrogen (secondary N) is 1.